The largest absolute Gasteiger partial charge is 0.210 e. The van der Waals surface area contributed by atoms with Crippen molar-refractivity contribution < 1.29 is 9.15 Å². The van der Waals surface area contributed by atoms with E-state index in [1.807, 2.05) is 0 Å². The van der Waals surface area contributed by atoms with Crippen molar-refractivity contribution in [2.24, 2.45) is 0 Å². The van der Waals surface area contributed by atoms with E-state index in [1.165, 1.54) is 120 Å². The molecule has 0 N–H and O–H groups in total. The van der Waals surface area contributed by atoms with Crippen molar-refractivity contribution in [1.82, 2.24) is 0 Å². The molecule has 0 radical (unpaired) electrons. The van der Waals surface area contributed by atoms with E-state index in [0.29, 0.717) is 0 Å². The second-order valence-corrected chi connectivity index (χ2v) is 14.6. The third-order valence-electron chi connectivity index (χ3n) is 11.3. The fourth-order valence-electron chi connectivity index (χ4n) is 8.21. The molecule has 44 heavy (non-hydrogen) atoms. The molecule has 2 heterocycles. The van der Waals surface area contributed by atoms with Crippen molar-refractivity contribution in [1.29, 1.82) is 0 Å². The van der Waals surface area contributed by atoms with Crippen LogP contribution in [0.2, 0.25) is 0 Å². The Hall–Kier alpha value is -3.26. The Kier molecular flexibility index (Phi) is 8.82. The van der Waals surface area contributed by atoms with Crippen LogP contribution in [-0.4, -0.2) is 33.7 Å². The lowest BCUT2D eigenvalue weighted by atomic mass is 9.80. The lowest BCUT2D eigenvalue weighted by Gasteiger charge is -2.17. The Morgan fingerprint density at radius 3 is 1.16 bits per heavy atom. The summed E-state index contributed by atoms with van der Waals surface area (Å²) in [6.45, 7) is 16.6. The quantitative estimate of drug-likeness (QED) is 0.109. The normalized spacial score (nSPS) is 16.8. The van der Waals surface area contributed by atoms with Gasteiger partial charge in [0.1, 0.15) is 13.1 Å². The number of unbranched alkanes of at least 4 members (excludes halogenated alkanes) is 9. The van der Waals surface area contributed by atoms with E-state index in [2.05, 4.69) is 123 Å². The highest BCUT2D eigenvalue weighted by atomic mass is 15.1. The molecule has 2 aliphatic heterocycles. The molecule has 6 rings (SSSR count). The van der Waals surface area contributed by atoms with Crippen LogP contribution in [0.15, 0.2) is 72.8 Å². The molecule has 2 heteroatoms. The number of hydrogen-bond acceptors (Lipinski definition) is 0. The van der Waals surface area contributed by atoms with Gasteiger partial charge in [-0.2, -0.15) is 9.15 Å². The van der Waals surface area contributed by atoms with E-state index in [-0.39, 0.29) is 10.8 Å². The summed E-state index contributed by atoms with van der Waals surface area (Å²) in [6, 6.07) is 27.1. The molecule has 2 nitrogen and oxygen atoms in total. The molecule has 0 fully saturated rings. The van der Waals surface area contributed by atoms with Gasteiger partial charge in [-0.05, 0) is 74.2 Å². The van der Waals surface area contributed by atoms with Crippen LogP contribution in [-0.2, 0) is 10.8 Å². The molecule has 4 aromatic rings. The van der Waals surface area contributed by atoms with E-state index in [0.717, 1.165) is 13.1 Å². The van der Waals surface area contributed by atoms with Gasteiger partial charge in [-0.15, -0.1) is 0 Å². The summed E-state index contributed by atoms with van der Waals surface area (Å²) in [7, 11) is 0. The Balaban J connectivity index is 0.890. The van der Waals surface area contributed by atoms with E-state index in [9.17, 15) is 0 Å². The average molecular weight is 587 g/mol. The highest BCUT2D eigenvalue weighted by Crippen LogP contribution is 2.45. The number of fused-ring (bicyclic) bond motifs is 6. The number of nitrogens with zero attached hydrogens (tertiary/aromatic N) is 2. The highest BCUT2D eigenvalue weighted by Gasteiger charge is 2.45. The third-order valence-corrected chi connectivity index (χ3v) is 11.3. The summed E-state index contributed by atoms with van der Waals surface area (Å²) in [5, 5.41) is 5.56. The first-order chi connectivity index (χ1) is 21.2. The van der Waals surface area contributed by atoms with Crippen molar-refractivity contribution in [3.8, 4) is 0 Å². The van der Waals surface area contributed by atoms with Crippen molar-refractivity contribution in [2.75, 3.05) is 13.1 Å². The van der Waals surface area contributed by atoms with Crippen LogP contribution < -0.4 is 0 Å². The highest BCUT2D eigenvalue weighted by molar-refractivity contribution is 6.02. The lowest BCUT2D eigenvalue weighted by molar-refractivity contribution is -0.439. The van der Waals surface area contributed by atoms with Crippen molar-refractivity contribution in [3.05, 3.63) is 83.9 Å². The van der Waals surface area contributed by atoms with Gasteiger partial charge in [0.2, 0.25) is 11.4 Å². The van der Waals surface area contributed by atoms with Crippen LogP contribution in [0.5, 0.6) is 0 Å². The van der Waals surface area contributed by atoms with Crippen LogP contribution in [0, 0.1) is 0 Å². The van der Waals surface area contributed by atoms with Gasteiger partial charge in [0, 0.05) is 49.9 Å². The Bertz CT molecular complexity index is 1600. The molecule has 0 amide bonds. The summed E-state index contributed by atoms with van der Waals surface area (Å²) >= 11 is 0. The molecule has 230 valence electrons. The maximum atomic E-state index is 2.62. The smallest absolute Gasteiger partial charge is 0.199 e. The second kappa shape index (κ2) is 12.6. The molecule has 4 aromatic carbocycles. The first kappa shape index (κ1) is 30.8. The molecule has 0 saturated carbocycles. The zero-order valence-corrected chi connectivity index (χ0v) is 28.3. The Morgan fingerprint density at radius 2 is 0.773 bits per heavy atom. The monoisotopic (exact) mass is 586 g/mol. The van der Waals surface area contributed by atoms with E-state index in [1.54, 1.807) is 0 Å². The topological polar surface area (TPSA) is 6.02 Å². The van der Waals surface area contributed by atoms with Crippen LogP contribution in [0.25, 0.3) is 21.5 Å². The zero-order chi connectivity index (χ0) is 30.9. The molecule has 0 aromatic heterocycles. The summed E-state index contributed by atoms with van der Waals surface area (Å²) in [5.74, 6) is 0. The molecule has 0 spiro atoms. The molecule has 0 atom stereocenters. The van der Waals surface area contributed by atoms with Gasteiger partial charge in [-0.25, -0.2) is 0 Å². The first-order valence-electron chi connectivity index (χ1n) is 17.5. The number of hydrogen-bond donors (Lipinski definition) is 0. The van der Waals surface area contributed by atoms with Crippen LogP contribution in [0.3, 0.4) is 0 Å². The molecule has 0 unspecified atom stereocenters. The molecule has 0 aliphatic carbocycles. The Labute approximate surface area is 266 Å². The van der Waals surface area contributed by atoms with E-state index < -0.39 is 0 Å². The van der Waals surface area contributed by atoms with Crippen molar-refractivity contribution in [3.63, 3.8) is 0 Å². The first-order valence-corrected chi connectivity index (χ1v) is 17.5. The average Bonchev–Trinajstić information content (AvgIpc) is 3.35. The van der Waals surface area contributed by atoms with Gasteiger partial charge >= 0.3 is 0 Å². The molecule has 2 aliphatic rings. The predicted molar refractivity (Wildman–Crippen MR) is 191 cm³/mol. The minimum atomic E-state index is 0.0950. The minimum Gasteiger partial charge on any atom is -0.199 e. The van der Waals surface area contributed by atoms with E-state index in [4.69, 9.17) is 0 Å². The number of rotatable bonds is 13. The minimum absolute atomic E-state index is 0.0950. The van der Waals surface area contributed by atoms with E-state index >= 15 is 0 Å². The SMILES string of the molecule is CC1=[N+](CCCCCCCCCCCC[N+]2=C(C)C(C)(C)c3c2ccc2ccccc32)c2ccc3ccccc3c2C1(C)C. The fraction of sp³-hybridized carbons (Fsp3) is 0.476. The standard InChI is InChI=1S/C42H54N2/c1-31-41(3,4)39-35-23-17-15-21-33(35)25-27-37(39)43(31)29-19-13-11-9-7-8-10-12-14-20-30-44-32(2)42(5,6)40-36-24-18-16-22-34(36)26-28-38(40)44/h15-18,21-28H,7-14,19-20,29-30H2,1-6H3/q+2. The lowest BCUT2D eigenvalue weighted by Crippen LogP contribution is -2.26. The number of benzene rings is 4. The fourth-order valence-corrected chi connectivity index (χ4v) is 8.21. The maximum absolute atomic E-state index is 2.62. The molecule has 0 saturated heterocycles. The van der Waals surface area contributed by atoms with Gasteiger partial charge in [0.25, 0.3) is 0 Å². The second-order valence-electron chi connectivity index (χ2n) is 14.6. The summed E-state index contributed by atoms with van der Waals surface area (Å²) in [4.78, 5) is 0. The third kappa shape index (κ3) is 5.55. The predicted octanol–water partition coefficient (Wildman–Crippen LogP) is 11.4. The zero-order valence-electron chi connectivity index (χ0n) is 28.3. The van der Waals surface area contributed by atoms with Crippen LogP contribution in [0.1, 0.15) is 117 Å². The van der Waals surface area contributed by atoms with Gasteiger partial charge in [0.05, 0.1) is 10.8 Å². The van der Waals surface area contributed by atoms with Gasteiger partial charge < -0.3 is 0 Å². The van der Waals surface area contributed by atoms with Crippen LogP contribution in [0.4, 0.5) is 11.4 Å². The summed E-state index contributed by atoms with van der Waals surface area (Å²) in [6.07, 6.45) is 13.5. The van der Waals surface area contributed by atoms with Crippen molar-refractivity contribution in [2.45, 2.75) is 117 Å². The Morgan fingerprint density at radius 1 is 0.432 bits per heavy atom. The van der Waals surface area contributed by atoms with Crippen molar-refractivity contribution >= 4 is 44.3 Å². The van der Waals surface area contributed by atoms with Gasteiger partial charge in [0.15, 0.2) is 11.4 Å². The summed E-state index contributed by atoms with van der Waals surface area (Å²) < 4.78 is 5.23. The van der Waals surface area contributed by atoms with Gasteiger partial charge in [-0.1, -0.05) is 87.1 Å². The molecular formula is C42H54N2+2. The maximum Gasteiger partial charge on any atom is 0.210 e. The molecule has 0 bridgehead atoms. The van der Waals surface area contributed by atoms with Crippen LogP contribution >= 0.6 is 0 Å². The summed E-state index contributed by atoms with van der Waals surface area (Å²) in [5.41, 5.74) is 9.10. The van der Waals surface area contributed by atoms with Gasteiger partial charge in [-0.3, -0.25) is 0 Å². The molecular weight excluding hydrogens is 532 g/mol.